The molecule has 0 saturated heterocycles. The lowest BCUT2D eigenvalue weighted by Gasteiger charge is -2.24. The molecule has 3 heteroatoms. The van der Waals surface area contributed by atoms with Crippen LogP contribution in [0.1, 0.15) is 36.8 Å². The van der Waals surface area contributed by atoms with Crippen molar-refractivity contribution in [2.24, 2.45) is 0 Å². The zero-order chi connectivity index (χ0) is 15.8. The van der Waals surface area contributed by atoms with Crippen molar-refractivity contribution in [3.05, 3.63) is 41.6 Å². The fraction of sp³-hybridized carbons (Fsp3) is 0.400. The maximum absolute atomic E-state index is 5.53. The third-order valence-corrected chi connectivity index (χ3v) is 5.09. The zero-order valence-electron chi connectivity index (χ0n) is 13.9. The summed E-state index contributed by atoms with van der Waals surface area (Å²) in [5.41, 5.74) is 6.90. The Hall–Kier alpha value is -2.16. The first kappa shape index (κ1) is 14.4. The molecule has 0 saturated carbocycles. The van der Waals surface area contributed by atoms with Crippen molar-refractivity contribution in [1.29, 1.82) is 0 Å². The molecule has 23 heavy (non-hydrogen) atoms. The number of rotatable bonds is 3. The molecule has 2 aromatic rings. The highest BCUT2D eigenvalue weighted by molar-refractivity contribution is 5.83. The van der Waals surface area contributed by atoms with Crippen LogP contribution in [0, 0.1) is 0 Å². The highest BCUT2D eigenvalue weighted by atomic mass is 16.5. The third kappa shape index (κ3) is 2.35. The molecule has 0 amide bonds. The standard InChI is InChI=1S/C20H23NO2/c1-22-18-12-15-8-10-21-11-9-16(14-6-4-3-5-7-14)20(21)17(15)13-19(18)23-2/h6,9,11-13H,3-5,7-8,10H2,1-2H3. The van der Waals surface area contributed by atoms with E-state index in [0.717, 1.165) is 24.5 Å². The van der Waals surface area contributed by atoms with Crippen molar-refractivity contribution in [2.45, 2.75) is 38.6 Å². The van der Waals surface area contributed by atoms with Crippen LogP contribution in [0.3, 0.4) is 0 Å². The van der Waals surface area contributed by atoms with E-state index in [0.29, 0.717) is 0 Å². The highest BCUT2D eigenvalue weighted by Gasteiger charge is 2.23. The Bertz CT molecular complexity index is 770. The maximum atomic E-state index is 5.53. The number of aryl methyl sites for hydroxylation is 2. The number of hydrogen-bond donors (Lipinski definition) is 0. The molecule has 2 heterocycles. The van der Waals surface area contributed by atoms with Crippen molar-refractivity contribution in [2.75, 3.05) is 14.2 Å². The van der Waals surface area contributed by atoms with Gasteiger partial charge in [-0.05, 0) is 61.4 Å². The number of ether oxygens (including phenoxy) is 2. The molecule has 3 nitrogen and oxygen atoms in total. The molecule has 0 unspecified atom stereocenters. The van der Waals surface area contributed by atoms with Gasteiger partial charge in [0.15, 0.2) is 11.5 Å². The molecule has 1 aliphatic carbocycles. The maximum Gasteiger partial charge on any atom is 0.161 e. The number of nitrogens with zero attached hydrogens (tertiary/aromatic N) is 1. The van der Waals surface area contributed by atoms with Gasteiger partial charge in [0.2, 0.25) is 0 Å². The molecular weight excluding hydrogens is 286 g/mol. The number of allylic oxidation sites excluding steroid dienone is 2. The minimum absolute atomic E-state index is 0.810. The van der Waals surface area contributed by atoms with E-state index in [9.17, 15) is 0 Å². The van der Waals surface area contributed by atoms with Gasteiger partial charge in [0.05, 0.1) is 19.9 Å². The number of hydrogen-bond acceptors (Lipinski definition) is 2. The largest absolute Gasteiger partial charge is 0.493 e. The summed E-state index contributed by atoms with van der Waals surface area (Å²) >= 11 is 0. The van der Waals surface area contributed by atoms with Crippen LogP contribution in [0.2, 0.25) is 0 Å². The monoisotopic (exact) mass is 309 g/mol. The number of methoxy groups -OCH3 is 2. The van der Waals surface area contributed by atoms with Gasteiger partial charge < -0.3 is 14.0 Å². The molecule has 4 rings (SSSR count). The Balaban J connectivity index is 1.88. The van der Waals surface area contributed by atoms with Crippen molar-refractivity contribution in [3.63, 3.8) is 0 Å². The van der Waals surface area contributed by atoms with Crippen molar-refractivity contribution < 1.29 is 9.47 Å². The molecule has 0 bridgehead atoms. The van der Waals surface area contributed by atoms with Gasteiger partial charge in [0, 0.05) is 23.9 Å². The predicted molar refractivity (Wildman–Crippen MR) is 93.1 cm³/mol. The smallest absolute Gasteiger partial charge is 0.161 e. The van der Waals surface area contributed by atoms with Crippen LogP contribution in [0.4, 0.5) is 0 Å². The van der Waals surface area contributed by atoms with Gasteiger partial charge in [0.1, 0.15) is 0 Å². The molecule has 0 fully saturated rings. The summed E-state index contributed by atoms with van der Waals surface area (Å²) in [6.07, 6.45) is 10.7. The zero-order valence-corrected chi connectivity index (χ0v) is 13.9. The fourth-order valence-electron chi connectivity index (χ4n) is 3.89. The summed E-state index contributed by atoms with van der Waals surface area (Å²) in [5, 5.41) is 0. The van der Waals surface area contributed by atoms with Gasteiger partial charge in [-0.15, -0.1) is 0 Å². The third-order valence-electron chi connectivity index (χ3n) is 5.09. The Labute approximate surface area is 137 Å². The molecule has 1 aromatic carbocycles. The van der Waals surface area contributed by atoms with Crippen LogP contribution in [-0.4, -0.2) is 18.8 Å². The Morgan fingerprint density at radius 1 is 0.957 bits per heavy atom. The average molecular weight is 309 g/mol. The molecule has 0 atom stereocenters. The summed E-state index contributed by atoms with van der Waals surface area (Å²) in [5.74, 6) is 1.63. The van der Waals surface area contributed by atoms with Gasteiger partial charge in [-0.1, -0.05) is 6.08 Å². The van der Waals surface area contributed by atoms with Crippen LogP contribution < -0.4 is 9.47 Å². The normalized spacial score (nSPS) is 16.3. The molecular formula is C20H23NO2. The van der Waals surface area contributed by atoms with Crippen LogP contribution in [0.5, 0.6) is 11.5 Å². The van der Waals surface area contributed by atoms with E-state index in [-0.39, 0.29) is 0 Å². The predicted octanol–water partition coefficient (Wildman–Crippen LogP) is 4.69. The fourth-order valence-corrected chi connectivity index (χ4v) is 3.89. The number of fused-ring (bicyclic) bond motifs is 3. The summed E-state index contributed by atoms with van der Waals surface area (Å²) in [7, 11) is 3.41. The summed E-state index contributed by atoms with van der Waals surface area (Å²) < 4.78 is 13.4. The lowest BCUT2D eigenvalue weighted by Crippen LogP contribution is -2.11. The lowest BCUT2D eigenvalue weighted by molar-refractivity contribution is 0.354. The van der Waals surface area contributed by atoms with Crippen molar-refractivity contribution in [3.8, 4) is 22.8 Å². The van der Waals surface area contributed by atoms with E-state index in [1.807, 2.05) is 0 Å². The van der Waals surface area contributed by atoms with Gasteiger partial charge >= 0.3 is 0 Å². The van der Waals surface area contributed by atoms with E-state index in [1.165, 1.54) is 53.6 Å². The first-order chi connectivity index (χ1) is 11.3. The number of benzene rings is 1. The average Bonchev–Trinajstić information content (AvgIpc) is 3.05. The topological polar surface area (TPSA) is 23.4 Å². The molecule has 120 valence electrons. The minimum Gasteiger partial charge on any atom is -0.493 e. The molecule has 1 aromatic heterocycles. The van der Waals surface area contributed by atoms with E-state index >= 15 is 0 Å². The van der Waals surface area contributed by atoms with Crippen LogP contribution in [-0.2, 0) is 13.0 Å². The SMILES string of the molecule is COc1cc2c(cc1OC)-c1c(C3=CCCCC3)ccn1CC2. The molecule has 0 radical (unpaired) electrons. The Morgan fingerprint density at radius 3 is 2.52 bits per heavy atom. The summed E-state index contributed by atoms with van der Waals surface area (Å²) in [6.45, 7) is 1.03. The number of aromatic nitrogens is 1. The lowest BCUT2D eigenvalue weighted by atomic mass is 9.89. The summed E-state index contributed by atoms with van der Waals surface area (Å²) in [4.78, 5) is 0. The highest BCUT2D eigenvalue weighted by Crippen LogP contribution is 2.43. The second kappa shape index (κ2) is 5.80. The van der Waals surface area contributed by atoms with Gasteiger partial charge in [-0.2, -0.15) is 0 Å². The quantitative estimate of drug-likeness (QED) is 0.821. The molecule has 1 aliphatic heterocycles. The Kier molecular flexibility index (Phi) is 3.64. The van der Waals surface area contributed by atoms with E-state index in [4.69, 9.17) is 9.47 Å². The van der Waals surface area contributed by atoms with E-state index < -0.39 is 0 Å². The van der Waals surface area contributed by atoms with Gasteiger partial charge in [-0.3, -0.25) is 0 Å². The molecule has 0 spiro atoms. The van der Waals surface area contributed by atoms with E-state index in [1.54, 1.807) is 14.2 Å². The van der Waals surface area contributed by atoms with E-state index in [2.05, 4.69) is 35.0 Å². The minimum atomic E-state index is 0.810. The first-order valence-corrected chi connectivity index (χ1v) is 8.45. The molecule has 2 aliphatic rings. The van der Waals surface area contributed by atoms with Gasteiger partial charge in [0.25, 0.3) is 0 Å². The van der Waals surface area contributed by atoms with Crippen LogP contribution in [0.15, 0.2) is 30.5 Å². The molecule has 0 N–H and O–H groups in total. The first-order valence-electron chi connectivity index (χ1n) is 8.45. The van der Waals surface area contributed by atoms with Gasteiger partial charge in [-0.25, -0.2) is 0 Å². The summed E-state index contributed by atoms with van der Waals surface area (Å²) in [6, 6.07) is 6.58. The van der Waals surface area contributed by atoms with Crippen LogP contribution in [0.25, 0.3) is 16.8 Å². The Morgan fingerprint density at radius 2 is 1.78 bits per heavy atom. The second-order valence-corrected chi connectivity index (χ2v) is 6.36. The van der Waals surface area contributed by atoms with Crippen LogP contribution >= 0.6 is 0 Å². The van der Waals surface area contributed by atoms with Crippen molar-refractivity contribution >= 4 is 5.57 Å². The van der Waals surface area contributed by atoms with Crippen molar-refractivity contribution in [1.82, 2.24) is 4.57 Å². The second-order valence-electron chi connectivity index (χ2n) is 6.36.